The van der Waals surface area contributed by atoms with Crippen LogP contribution in [0.5, 0.6) is 5.75 Å². The van der Waals surface area contributed by atoms with Crippen LogP contribution in [0.2, 0.25) is 0 Å². The number of aryl methyl sites for hydroxylation is 1. The van der Waals surface area contributed by atoms with Crippen molar-refractivity contribution in [2.75, 3.05) is 0 Å². The van der Waals surface area contributed by atoms with E-state index in [-0.39, 0.29) is 5.75 Å². The molecular weight excluding hydrogens is 318 g/mol. The Bertz CT molecular complexity index is 584. The standard InChI is InChI=1S/C22H30F2O/c1-3-5-6-7-17-8-10-18(11-9-17)12-13-19-14-15-20(25-16-4-2)22(24)21(19)23/h3-5,14-18H,6-13H2,1-2H3/b5-3+,16-4+. The molecule has 0 unspecified atom stereocenters. The van der Waals surface area contributed by atoms with Gasteiger partial charge in [0.1, 0.15) is 0 Å². The molecule has 0 aliphatic heterocycles. The van der Waals surface area contributed by atoms with Gasteiger partial charge in [0.2, 0.25) is 5.82 Å². The van der Waals surface area contributed by atoms with Crippen molar-refractivity contribution in [2.45, 2.75) is 65.2 Å². The molecule has 2 rings (SSSR count). The van der Waals surface area contributed by atoms with Gasteiger partial charge >= 0.3 is 0 Å². The SMILES string of the molecule is C/C=C/CCC1CCC(CCc2ccc(O/C=C/C)c(F)c2F)CC1. The van der Waals surface area contributed by atoms with Gasteiger partial charge in [0.05, 0.1) is 6.26 Å². The molecule has 3 heteroatoms. The van der Waals surface area contributed by atoms with Crippen LogP contribution in [-0.2, 0) is 6.42 Å². The molecule has 138 valence electrons. The lowest BCUT2D eigenvalue weighted by atomic mass is 9.78. The highest BCUT2D eigenvalue weighted by atomic mass is 19.2. The van der Waals surface area contributed by atoms with Crippen molar-refractivity contribution in [3.63, 3.8) is 0 Å². The molecule has 1 aliphatic carbocycles. The van der Waals surface area contributed by atoms with Gasteiger partial charge in [-0.05, 0) is 63.0 Å². The zero-order valence-electron chi connectivity index (χ0n) is 15.4. The average Bonchev–Trinajstić information content (AvgIpc) is 2.63. The molecule has 0 heterocycles. The predicted octanol–water partition coefficient (Wildman–Crippen LogP) is 6.97. The maximum Gasteiger partial charge on any atom is 0.201 e. The highest BCUT2D eigenvalue weighted by Gasteiger charge is 2.21. The summed E-state index contributed by atoms with van der Waals surface area (Å²) in [6.45, 7) is 3.83. The van der Waals surface area contributed by atoms with Crippen LogP contribution in [-0.4, -0.2) is 0 Å². The van der Waals surface area contributed by atoms with Crippen molar-refractivity contribution >= 4 is 0 Å². The molecule has 0 N–H and O–H groups in total. The first-order valence-corrected chi connectivity index (χ1v) is 9.51. The van der Waals surface area contributed by atoms with Gasteiger partial charge in [-0.15, -0.1) is 0 Å². The van der Waals surface area contributed by atoms with E-state index in [9.17, 15) is 8.78 Å². The van der Waals surface area contributed by atoms with E-state index in [1.807, 2.05) is 0 Å². The minimum Gasteiger partial charge on any atom is -0.462 e. The van der Waals surface area contributed by atoms with E-state index in [1.165, 1.54) is 50.9 Å². The van der Waals surface area contributed by atoms with Crippen molar-refractivity contribution in [3.8, 4) is 5.75 Å². The zero-order chi connectivity index (χ0) is 18.1. The third-order valence-electron chi connectivity index (χ3n) is 5.22. The third kappa shape index (κ3) is 5.98. The minimum absolute atomic E-state index is 0.0546. The Morgan fingerprint density at radius 3 is 2.28 bits per heavy atom. The maximum absolute atomic E-state index is 14.2. The fraction of sp³-hybridized carbons (Fsp3) is 0.545. The largest absolute Gasteiger partial charge is 0.462 e. The Morgan fingerprint density at radius 2 is 1.64 bits per heavy atom. The molecule has 1 nitrogen and oxygen atoms in total. The Balaban J connectivity index is 1.81. The molecule has 0 saturated heterocycles. The molecule has 1 aromatic carbocycles. The Labute approximate surface area is 150 Å². The number of halogens is 2. The van der Waals surface area contributed by atoms with E-state index >= 15 is 0 Å². The van der Waals surface area contributed by atoms with Crippen molar-refractivity contribution in [2.24, 2.45) is 11.8 Å². The number of benzene rings is 1. The summed E-state index contributed by atoms with van der Waals surface area (Å²) < 4.78 is 33.3. The van der Waals surface area contributed by atoms with Gasteiger partial charge in [-0.3, -0.25) is 0 Å². The Morgan fingerprint density at radius 1 is 0.960 bits per heavy atom. The second-order valence-corrected chi connectivity index (χ2v) is 7.01. The van der Waals surface area contributed by atoms with Crippen LogP contribution in [0.3, 0.4) is 0 Å². The second kappa shape index (κ2) is 10.4. The van der Waals surface area contributed by atoms with E-state index in [2.05, 4.69) is 19.1 Å². The first-order valence-electron chi connectivity index (χ1n) is 9.51. The summed E-state index contributed by atoms with van der Waals surface area (Å²) in [4.78, 5) is 0. The summed E-state index contributed by atoms with van der Waals surface area (Å²) in [5, 5.41) is 0. The number of hydrogen-bond acceptors (Lipinski definition) is 1. The Kier molecular flexibility index (Phi) is 8.17. The molecule has 1 fully saturated rings. The summed E-state index contributed by atoms with van der Waals surface area (Å²) in [6, 6.07) is 3.17. The first kappa shape index (κ1) is 19.7. The van der Waals surface area contributed by atoms with Crippen molar-refractivity contribution < 1.29 is 13.5 Å². The monoisotopic (exact) mass is 348 g/mol. The molecule has 0 radical (unpaired) electrons. The van der Waals surface area contributed by atoms with Crippen molar-refractivity contribution in [3.05, 3.63) is 53.8 Å². The van der Waals surface area contributed by atoms with E-state index in [4.69, 9.17) is 4.74 Å². The second-order valence-electron chi connectivity index (χ2n) is 7.01. The molecular formula is C22H30F2O. The summed E-state index contributed by atoms with van der Waals surface area (Å²) in [7, 11) is 0. The third-order valence-corrected chi connectivity index (χ3v) is 5.22. The van der Waals surface area contributed by atoms with E-state index in [0.29, 0.717) is 17.9 Å². The molecule has 0 aromatic heterocycles. The maximum atomic E-state index is 14.2. The van der Waals surface area contributed by atoms with Gasteiger partial charge in [-0.25, -0.2) is 4.39 Å². The molecule has 1 aliphatic rings. The normalized spacial score (nSPS) is 21.3. The molecule has 25 heavy (non-hydrogen) atoms. The van der Waals surface area contributed by atoms with Crippen LogP contribution in [0.4, 0.5) is 8.78 Å². The zero-order valence-corrected chi connectivity index (χ0v) is 15.4. The van der Waals surface area contributed by atoms with E-state index in [0.717, 1.165) is 12.3 Å². The topological polar surface area (TPSA) is 9.23 Å². The van der Waals surface area contributed by atoms with Crippen LogP contribution >= 0.6 is 0 Å². The summed E-state index contributed by atoms with van der Waals surface area (Å²) in [6.07, 6.45) is 16.3. The molecule has 0 bridgehead atoms. The number of allylic oxidation sites excluding steroid dienone is 3. The first-order chi connectivity index (χ1) is 12.2. The number of ether oxygens (including phenoxy) is 1. The van der Waals surface area contributed by atoms with E-state index < -0.39 is 11.6 Å². The lowest BCUT2D eigenvalue weighted by Gasteiger charge is -2.28. The minimum atomic E-state index is -0.886. The highest BCUT2D eigenvalue weighted by Crippen LogP contribution is 2.34. The number of rotatable bonds is 8. The van der Waals surface area contributed by atoms with Crippen molar-refractivity contribution in [1.82, 2.24) is 0 Å². The lowest BCUT2D eigenvalue weighted by molar-refractivity contribution is 0.253. The molecule has 1 aromatic rings. The van der Waals surface area contributed by atoms with Gasteiger partial charge in [-0.1, -0.05) is 50.0 Å². The van der Waals surface area contributed by atoms with Crippen LogP contribution in [0.1, 0.15) is 64.4 Å². The summed E-state index contributed by atoms with van der Waals surface area (Å²) >= 11 is 0. The van der Waals surface area contributed by atoms with Gasteiger partial charge in [-0.2, -0.15) is 4.39 Å². The van der Waals surface area contributed by atoms with Crippen LogP contribution < -0.4 is 4.74 Å². The molecule has 0 atom stereocenters. The summed E-state index contributed by atoms with van der Waals surface area (Å²) in [5.74, 6) is -0.227. The lowest BCUT2D eigenvalue weighted by Crippen LogP contribution is -2.15. The molecule has 0 spiro atoms. The smallest absolute Gasteiger partial charge is 0.201 e. The van der Waals surface area contributed by atoms with Gasteiger partial charge in [0.25, 0.3) is 0 Å². The fourth-order valence-corrected chi connectivity index (χ4v) is 3.66. The van der Waals surface area contributed by atoms with Crippen molar-refractivity contribution in [1.29, 1.82) is 0 Å². The van der Waals surface area contributed by atoms with E-state index in [1.54, 1.807) is 19.1 Å². The average molecular weight is 348 g/mol. The predicted molar refractivity (Wildman–Crippen MR) is 99.6 cm³/mol. The fourth-order valence-electron chi connectivity index (χ4n) is 3.66. The quantitative estimate of drug-likeness (QED) is 0.364. The Hall–Kier alpha value is -1.64. The van der Waals surface area contributed by atoms with Gasteiger partial charge in [0.15, 0.2) is 11.6 Å². The number of hydrogen-bond donors (Lipinski definition) is 0. The van der Waals surface area contributed by atoms with Gasteiger partial charge < -0.3 is 4.74 Å². The van der Waals surface area contributed by atoms with Crippen LogP contribution in [0.15, 0.2) is 36.6 Å². The molecule has 0 amide bonds. The molecule has 1 saturated carbocycles. The highest BCUT2D eigenvalue weighted by molar-refractivity contribution is 5.31. The van der Waals surface area contributed by atoms with Crippen LogP contribution in [0, 0.1) is 23.5 Å². The van der Waals surface area contributed by atoms with Crippen LogP contribution in [0.25, 0.3) is 0 Å². The summed E-state index contributed by atoms with van der Waals surface area (Å²) in [5.41, 5.74) is 0.459. The van der Waals surface area contributed by atoms with Gasteiger partial charge in [0, 0.05) is 0 Å².